The Morgan fingerprint density at radius 2 is 2.09 bits per heavy atom. The van der Waals surface area contributed by atoms with Gasteiger partial charge >= 0.3 is 0 Å². The summed E-state index contributed by atoms with van der Waals surface area (Å²) in [5.41, 5.74) is 6.47. The summed E-state index contributed by atoms with van der Waals surface area (Å²) in [4.78, 5) is 26.9. The second-order valence-corrected chi connectivity index (χ2v) is 6.11. The lowest BCUT2D eigenvalue weighted by molar-refractivity contribution is -0.124. The SMILES string of the molecule is COc1ccc(CCNC(=O)C[C@H]2SC(N)=NC2=O)cc1OC. The third kappa shape index (κ3) is 4.62. The number of rotatable bonds is 7. The van der Waals surface area contributed by atoms with Gasteiger partial charge in [-0.1, -0.05) is 17.8 Å². The maximum Gasteiger partial charge on any atom is 0.262 e. The predicted octanol–water partition coefficient (Wildman–Crippen LogP) is 0.709. The van der Waals surface area contributed by atoms with Crippen LogP contribution in [0, 0.1) is 0 Å². The summed E-state index contributed by atoms with van der Waals surface area (Å²) in [6, 6.07) is 5.61. The summed E-state index contributed by atoms with van der Waals surface area (Å²) >= 11 is 1.13. The topological polar surface area (TPSA) is 103 Å². The van der Waals surface area contributed by atoms with Crippen LogP contribution < -0.4 is 20.5 Å². The van der Waals surface area contributed by atoms with Crippen molar-refractivity contribution in [3.05, 3.63) is 23.8 Å². The molecule has 0 saturated heterocycles. The molecule has 1 aromatic rings. The average molecular weight is 337 g/mol. The van der Waals surface area contributed by atoms with E-state index < -0.39 is 5.25 Å². The number of amides is 2. The first-order chi connectivity index (χ1) is 11.0. The van der Waals surface area contributed by atoms with Crippen molar-refractivity contribution in [2.24, 2.45) is 10.7 Å². The van der Waals surface area contributed by atoms with Gasteiger partial charge in [-0.25, -0.2) is 0 Å². The Hall–Kier alpha value is -2.22. The average Bonchev–Trinajstić information content (AvgIpc) is 2.84. The molecule has 0 unspecified atom stereocenters. The molecule has 1 aliphatic rings. The maximum absolute atomic E-state index is 11.9. The van der Waals surface area contributed by atoms with E-state index in [1.807, 2.05) is 18.2 Å². The Morgan fingerprint density at radius 1 is 1.35 bits per heavy atom. The number of amidine groups is 1. The third-order valence-electron chi connectivity index (χ3n) is 3.31. The highest BCUT2D eigenvalue weighted by molar-refractivity contribution is 8.15. The highest BCUT2D eigenvalue weighted by atomic mass is 32.2. The molecule has 0 spiro atoms. The van der Waals surface area contributed by atoms with Crippen molar-refractivity contribution in [3.8, 4) is 11.5 Å². The Kier molecular flexibility index (Phi) is 5.86. The van der Waals surface area contributed by atoms with Crippen molar-refractivity contribution < 1.29 is 19.1 Å². The van der Waals surface area contributed by atoms with Crippen LogP contribution in [0.1, 0.15) is 12.0 Å². The summed E-state index contributed by atoms with van der Waals surface area (Å²) < 4.78 is 10.4. The van der Waals surface area contributed by atoms with Crippen LogP contribution in [0.5, 0.6) is 11.5 Å². The van der Waals surface area contributed by atoms with Crippen LogP contribution in [0.15, 0.2) is 23.2 Å². The molecule has 0 bridgehead atoms. The minimum Gasteiger partial charge on any atom is -0.493 e. The van der Waals surface area contributed by atoms with Crippen LogP contribution in [0.4, 0.5) is 0 Å². The quantitative estimate of drug-likeness (QED) is 0.759. The van der Waals surface area contributed by atoms with E-state index in [0.29, 0.717) is 24.5 Å². The molecular weight excluding hydrogens is 318 g/mol. The highest BCUT2D eigenvalue weighted by Gasteiger charge is 2.28. The van der Waals surface area contributed by atoms with Gasteiger partial charge in [-0.3, -0.25) is 9.59 Å². The minimum atomic E-state index is -0.504. The molecule has 124 valence electrons. The summed E-state index contributed by atoms with van der Waals surface area (Å²) in [5.74, 6) is 0.773. The van der Waals surface area contributed by atoms with E-state index in [-0.39, 0.29) is 23.4 Å². The zero-order valence-corrected chi connectivity index (χ0v) is 13.8. The molecule has 2 rings (SSSR count). The number of benzene rings is 1. The molecule has 0 radical (unpaired) electrons. The number of hydrogen-bond acceptors (Lipinski definition) is 6. The lowest BCUT2D eigenvalue weighted by Gasteiger charge is -2.10. The van der Waals surface area contributed by atoms with Gasteiger partial charge in [0.15, 0.2) is 16.7 Å². The van der Waals surface area contributed by atoms with Gasteiger partial charge in [0.1, 0.15) is 5.25 Å². The number of nitrogens with one attached hydrogen (secondary N) is 1. The monoisotopic (exact) mass is 337 g/mol. The molecule has 0 aliphatic carbocycles. The number of carbonyl (C=O) groups excluding carboxylic acids is 2. The Balaban J connectivity index is 1.78. The van der Waals surface area contributed by atoms with E-state index in [1.54, 1.807) is 14.2 Å². The zero-order chi connectivity index (χ0) is 16.8. The standard InChI is InChI=1S/C15H19N3O4S/c1-21-10-4-3-9(7-11(10)22-2)5-6-17-13(19)8-12-14(20)18-15(16)23-12/h3-4,7,12H,5-6,8H2,1-2H3,(H,17,19)(H2,16,18,20)/t12-/m1/s1. The summed E-state index contributed by atoms with van der Waals surface area (Å²) in [7, 11) is 3.16. The predicted molar refractivity (Wildman–Crippen MR) is 88.9 cm³/mol. The van der Waals surface area contributed by atoms with Crippen molar-refractivity contribution in [2.75, 3.05) is 20.8 Å². The fourth-order valence-electron chi connectivity index (χ4n) is 2.16. The number of ether oxygens (including phenoxy) is 2. The van der Waals surface area contributed by atoms with Gasteiger partial charge in [0, 0.05) is 13.0 Å². The van der Waals surface area contributed by atoms with Crippen molar-refractivity contribution in [3.63, 3.8) is 0 Å². The maximum atomic E-state index is 11.9. The molecule has 1 atom stereocenters. The van der Waals surface area contributed by atoms with Gasteiger partial charge in [-0.15, -0.1) is 0 Å². The summed E-state index contributed by atoms with van der Waals surface area (Å²) in [6.45, 7) is 0.468. The second kappa shape index (κ2) is 7.87. The molecule has 23 heavy (non-hydrogen) atoms. The molecule has 0 saturated carbocycles. The largest absolute Gasteiger partial charge is 0.493 e. The van der Waals surface area contributed by atoms with Crippen molar-refractivity contribution in [1.82, 2.24) is 5.32 Å². The Morgan fingerprint density at radius 3 is 2.70 bits per heavy atom. The number of thioether (sulfide) groups is 1. The number of nitrogens with zero attached hydrogens (tertiary/aromatic N) is 1. The van der Waals surface area contributed by atoms with Gasteiger partial charge < -0.3 is 20.5 Å². The summed E-state index contributed by atoms with van der Waals surface area (Å²) in [6.07, 6.45) is 0.732. The smallest absolute Gasteiger partial charge is 0.262 e. The van der Waals surface area contributed by atoms with Gasteiger partial charge in [0.2, 0.25) is 5.91 Å². The van der Waals surface area contributed by atoms with Gasteiger partial charge in [-0.05, 0) is 24.1 Å². The van der Waals surface area contributed by atoms with E-state index in [1.165, 1.54) is 0 Å². The third-order valence-corrected chi connectivity index (χ3v) is 4.30. The van der Waals surface area contributed by atoms with Crippen LogP contribution in [0.25, 0.3) is 0 Å². The zero-order valence-electron chi connectivity index (χ0n) is 13.0. The highest BCUT2D eigenvalue weighted by Crippen LogP contribution is 2.27. The normalized spacial score (nSPS) is 16.9. The van der Waals surface area contributed by atoms with Crippen LogP contribution in [-0.4, -0.2) is 43.0 Å². The molecule has 2 amide bonds. The van der Waals surface area contributed by atoms with Crippen LogP contribution in [-0.2, 0) is 16.0 Å². The summed E-state index contributed by atoms with van der Waals surface area (Å²) in [5, 5.41) is 2.51. The number of hydrogen-bond donors (Lipinski definition) is 2. The van der Waals surface area contributed by atoms with Crippen LogP contribution in [0.3, 0.4) is 0 Å². The fourth-order valence-corrected chi connectivity index (χ4v) is 2.98. The van der Waals surface area contributed by atoms with Crippen molar-refractivity contribution >= 4 is 28.7 Å². The molecule has 0 fully saturated rings. The molecule has 1 heterocycles. The fraction of sp³-hybridized carbons (Fsp3) is 0.400. The molecule has 8 heteroatoms. The lowest BCUT2D eigenvalue weighted by Crippen LogP contribution is -2.29. The lowest BCUT2D eigenvalue weighted by atomic mass is 10.1. The molecule has 3 N–H and O–H groups in total. The van der Waals surface area contributed by atoms with Gasteiger partial charge in [-0.2, -0.15) is 4.99 Å². The Labute approximate surface area is 138 Å². The van der Waals surface area contributed by atoms with E-state index >= 15 is 0 Å². The Bertz CT molecular complexity index is 633. The van der Waals surface area contributed by atoms with Gasteiger partial charge in [0.05, 0.1) is 14.2 Å². The first-order valence-electron chi connectivity index (χ1n) is 7.05. The number of carbonyl (C=O) groups is 2. The van der Waals surface area contributed by atoms with Crippen molar-refractivity contribution in [1.29, 1.82) is 0 Å². The molecule has 0 aromatic heterocycles. The molecular formula is C15H19N3O4S. The molecule has 1 aromatic carbocycles. The molecule has 1 aliphatic heterocycles. The van der Waals surface area contributed by atoms with Gasteiger partial charge in [0.25, 0.3) is 5.91 Å². The molecule has 7 nitrogen and oxygen atoms in total. The van der Waals surface area contributed by atoms with E-state index in [4.69, 9.17) is 15.2 Å². The van der Waals surface area contributed by atoms with E-state index in [0.717, 1.165) is 17.3 Å². The number of methoxy groups -OCH3 is 2. The second-order valence-electron chi connectivity index (χ2n) is 4.89. The van der Waals surface area contributed by atoms with Crippen LogP contribution >= 0.6 is 11.8 Å². The first-order valence-corrected chi connectivity index (χ1v) is 7.93. The van der Waals surface area contributed by atoms with Crippen LogP contribution in [0.2, 0.25) is 0 Å². The van der Waals surface area contributed by atoms with Crippen molar-refractivity contribution in [2.45, 2.75) is 18.1 Å². The minimum absolute atomic E-state index is 0.0830. The van der Waals surface area contributed by atoms with E-state index in [9.17, 15) is 9.59 Å². The number of aliphatic imine (C=N–C) groups is 1. The van der Waals surface area contributed by atoms with E-state index in [2.05, 4.69) is 10.3 Å². The number of nitrogens with two attached hydrogens (primary N) is 1. The first kappa shape index (κ1) is 17.1.